The zero-order valence-electron chi connectivity index (χ0n) is 17.3. The average Bonchev–Trinajstić information content (AvgIpc) is 3.14. The highest BCUT2D eigenvalue weighted by Gasteiger charge is 2.53. The van der Waals surface area contributed by atoms with E-state index in [1.807, 2.05) is 52.0 Å². The Balaban J connectivity index is 1.69. The van der Waals surface area contributed by atoms with Gasteiger partial charge in [-0.2, -0.15) is 0 Å². The van der Waals surface area contributed by atoms with E-state index in [-0.39, 0.29) is 5.91 Å². The first-order valence-electron chi connectivity index (χ1n) is 9.70. The molecule has 2 fully saturated rings. The van der Waals surface area contributed by atoms with Crippen LogP contribution in [-0.4, -0.2) is 42.2 Å². The standard InChI is InChI=1S/C22H27BFNO3/c1-16(20(24)23-27-21(2,3)22(4,5)28-23)18-12-10-17(11-13-18)8-6-14-25-15-7-9-19(25)26/h10-13H,7,9,14-15H2,1-5H3. The van der Waals surface area contributed by atoms with E-state index in [0.717, 1.165) is 24.1 Å². The molecule has 0 bridgehead atoms. The highest BCUT2D eigenvalue weighted by molar-refractivity contribution is 6.55. The first kappa shape index (κ1) is 20.6. The van der Waals surface area contributed by atoms with Gasteiger partial charge in [-0.05, 0) is 64.3 Å². The number of halogens is 1. The summed E-state index contributed by atoms with van der Waals surface area (Å²) < 4.78 is 26.5. The van der Waals surface area contributed by atoms with Crippen LogP contribution >= 0.6 is 0 Å². The van der Waals surface area contributed by atoms with Crippen LogP contribution in [0.2, 0.25) is 0 Å². The molecule has 0 saturated carbocycles. The summed E-state index contributed by atoms with van der Waals surface area (Å²) >= 11 is 0. The molecule has 6 heteroatoms. The summed E-state index contributed by atoms with van der Waals surface area (Å²) in [5.74, 6) is 6.27. The van der Waals surface area contributed by atoms with E-state index in [2.05, 4.69) is 11.8 Å². The van der Waals surface area contributed by atoms with Gasteiger partial charge in [0.2, 0.25) is 5.91 Å². The number of carbonyl (C=O) groups is 1. The Morgan fingerprint density at radius 1 is 1.18 bits per heavy atom. The number of amides is 1. The van der Waals surface area contributed by atoms with E-state index in [0.29, 0.717) is 18.5 Å². The summed E-state index contributed by atoms with van der Waals surface area (Å²) in [6.07, 6.45) is 1.53. The third-order valence-electron chi connectivity index (χ3n) is 5.81. The second-order valence-electron chi connectivity index (χ2n) is 8.36. The first-order chi connectivity index (χ1) is 13.1. The summed E-state index contributed by atoms with van der Waals surface area (Å²) in [5.41, 5.74) is 0.508. The smallest absolute Gasteiger partial charge is 0.398 e. The second-order valence-corrected chi connectivity index (χ2v) is 8.36. The van der Waals surface area contributed by atoms with Crippen molar-refractivity contribution in [3.05, 3.63) is 41.1 Å². The normalized spacial score (nSPS) is 21.4. The van der Waals surface area contributed by atoms with E-state index < -0.39 is 24.0 Å². The molecule has 2 saturated heterocycles. The molecule has 3 rings (SSSR count). The monoisotopic (exact) mass is 383 g/mol. The Bertz CT molecular complexity index is 833. The summed E-state index contributed by atoms with van der Waals surface area (Å²) in [6.45, 7) is 10.6. The third-order valence-corrected chi connectivity index (χ3v) is 5.81. The minimum Gasteiger partial charge on any atom is -0.398 e. The zero-order valence-corrected chi connectivity index (χ0v) is 17.3. The summed E-state index contributed by atoms with van der Waals surface area (Å²) in [6, 6.07) is 7.39. The highest BCUT2D eigenvalue weighted by atomic mass is 19.1. The Kier molecular flexibility index (Phi) is 5.70. The molecular weight excluding hydrogens is 356 g/mol. The quantitative estimate of drug-likeness (QED) is 0.585. The van der Waals surface area contributed by atoms with Crippen molar-refractivity contribution in [2.45, 2.75) is 58.7 Å². The minimum atomic E-state index is -0.998. The number of carbonyl (C=O) groups excluding carboxylic acids is 1. The molecule has 0 radical (unpaired) electrons. The predicted octanol–water partition coefficient (Wildman–Crippen LogP) is 3.99. The van der Waals surface area contributed by atoms with Gasteiger partial charge in [-0.3, -0.25) is 4.79 Å². The van der Waals surface area contributed by atoms with Crippen LogP contribution in [0.4, 0.5) is 4.39 Å². The van der Waals surface area contributed by atoms with Crippen molar-refractivity contribution < 1.29 is 18.5 Å². The maximum absolute atomic E-state index is 15.0. The molecule has 0 atom stereocenters. The van der Waals surface area contributed by atoms with Crippen LogP contribution in [0.25, 0.3) is 5.57 Å². The van der Waals surface area contributed by atoms with Gasteiger partial charge in [-0.15, -0.1) is 0 Å². The van der Waals surface area contributed by atoms with Crippen LogP contribution in [-0.2, 0) is 14.1 Å². The summed E-state index contributed by atoms with van der Waals surface area (Å²) in [4.78, 5) is 13.4. The van der Waals surface area contributed by atoms with E-state index in [9.17, 15) is 9.18 Å². The minimum absolute atomic E-state index is 0.170. The maximum Gasteiger partial charge on any atom is 0.525 e. The fourth-order valence-electron chi connectivity index (χ4n) is 3.17. The lowest BCUT2D eigenvalue weighted by molar-refractivity contribution is -0.127. The van der Waals surface area contributed by atoms with Gasteiger partial charge in [0.1, 0.15) is 5.73 Å². The van der Waals surface area contributed by atoms with Crippen molar-refractivity contribution in [1.82, 2.24) is 4.90 Å². The summed E-state index contributed by atoms with van der Waals surface area (Å²) in [5, 5.41) is 0. The van der Waals surface area contributed by atoms with Crippen LogP contribution in [0.5, 0.6) is 0 Å². The van der Waals surface area contributed by atoms with Crippen LogP contribution in [0.1, 0.15) is 58.6 Å². The topological polar surface area (TPSA) is 38.8 Å². The van der Waals surface area contributed by atoms with Gasteiger partial charge in [-0.1, -0.05) is 24.0 Å². The fraction of sp³-hybridized carbons (Fsp3) is 0.500. The molecular formula is C22H27BFNO3. The molecule has 1 aromatic rings. The third kappa shape index (κ3) is 4.16. The molecule has 28 heavy (non-hydrogen) atoms. The van der Waals surface area contributed by atoms with Crippen molar-refractivity contribution in [1.29, 1.82) is 0 Å². The number of benzene rings is 1. The molecule has 0 aromatic heterocycles. The molecule has 2 heterocycles. The van der Waals surface area contributed by atoms with Gasteiger partial charge >= 0.3 is 7.12 Å². The van der Waals surface area contributed by atoms with Crippen molar-refractivity contribution in [3.8, 4) is 11.8 Å². The molecule has 148 valence electrons. The molecule has 1 aromatic carbocycles. The lowest BCUT2D eigenvalue weighted by Gasteiger charge is -2.32. The average molecular weight is 383 g/mol. The number of nitrogens with zero attached hydrogens (tertiary/aromatic N) is 1. The lowest BCUT2D eigenvalue weighted by atomic mass is 9.83. The Hall–Kier alpha value is -2.10. The number of rotatable bonds is 3. The van der Waals surface area contributed by atoms with Crippen molar-refractivity contribution in [3.63, 3.8) is 0 Å². The van der Waals surface area contributed by atoms with Gasteiger partial charge < -0.3 is 14.2 Å². The van der Waals surface area contributed by atoms with Crippen LogP contribution < -0.4 is 0 Å². The molecule has 0 N–H and O–H groups in total. The number of hydrogen-bond acceptors (Lipinski definition) is 3. The van der Waals surface area contributed by atoms with Crippen LogP contribution in [0.3, 0.4) is 0 Å². The Morgan fingerprint density at radius 2 is 1.79 bits per heavy atom. The zero-order chi connectivity index (χ0) is 20.5. The van der Waals surface area contributed by atoms with Gasteiger partial charge in [-0.25, -0.2) is 4.39 Å². The molecule has 0 aliphatic carbocycles. The van der Waals surface area contributed by atoms with E-state index >= 15 is 0 Å². The maximum atomic E-state index is 15.0. The van der Waals surface area contributed by atoms with Crippen molar-refractivity contribution >= 4 is 18.6 Å². The molecule has 4 nitrogen and oxygen atoms in total. The van der Waals surface area contributed by atoms with Crippen molar-refractivity contribution in [2.24, 2.45) is 0 Å². The second kappa shape index (κ2) is 7.73. The van der Waals surface area contributed by atoms with Gasteiger partial charge in [0, 0.05) is 18.5 Å². The molecule has 1 amide bonds. The molecule has 2 aliphatic rings. The summed E-state index contributed by atoms with van der Waals surface area (Å²) in [7, 11) is -0.998. The highest BCUT2D eigenvalue weighted by Crippen LogP contribution is 2.40. The fourth-order valence-corrected chi connectivity index (χ4v) is 3.17. The van der Waals surface area contributed by atoms with E-state index in [1.54, 1.807) is 11.8 Å². The number of likely N-dealkylation sites (tertiary alicyclic amines) is 1. The number of hydrogen-bond donors (Lipinski definition) is 0. The molecule has 0 spiro atoms. The largest absolute Gasteiger partial charge is 0.525 e. The van der Waals surface area contributed by atoms with Gasteiger partial charge in [0.25, 0.3) is 0 Å². The molecule has 2 aliphatic heterocycles. The van der Waals surface area contributed by atoms with E-state index in [4.69, 9.17) is 9.31 Å². The predicted molar refractivity (Wildman–Crippen MR) is 109 cm³/mol. The Labute approximate surface area is 167 Å². The van der Waals surface area contributed by atoms with Crippen LogP contribution in [0, 0.1) is 11.8 Å². The van der Waals surface area contributed by atoms with Gasteiger partial charge in [0.15, 0.2) is 0 Å². The van der Waals surface area contributed by atoms with E-state index in [1.165, 1.54) is 0 Å². The Morgan fingerprint density at radius 3 is 2.32 bits per heavy atom. The SMILES string of the molecule is CC(=C(F)B1OC(C)(C)C(C)(C)O1)c1ccc(C#CCN2CCCC2=O)cc1. The number of allylic oxidation sites excluding steroid dienone is 1. The molecule has 0 unspecified atom stereocenters. The first-order valence-corrected chi connectivity index (χ1v) is 9.70. The van der Waals surface area contributed by atoms with Gasteiger partial charge in [0.05, 0.1) is 17.7 Å². The van der Waals surface area contributed by atoms with Crippen molar-refractivity contribution in [2.75, 3.05) is 13.1 Å². The lowest BCUT2D eigenvalue weighted by Crippen LogP contribution is -2.41. The van der Waals surface area contributed by atoms with Crippen LogP contribution in [0.15, 0.2) is 30.0 Å².